The van der Waals surface area contributed by atoms with Gasteiger partial charge in [-0.3, -0.25) is 4.79 Å². The fourth-order valence-electron chi connectivity index (χ4n) is 0.750. The summed E-state index contributed by atoms with van der Waals surface area (Å²) in [4.78, 5) is 10.3. The molecule has 15 heavy (non-hydrogen) atoms. The van der Waals surface area contributed by atoms with E-state index in [-0.39, 0.29) is 0 Å². The van der Waals surface area contributed by atoms with Gasteiger partial charge in [0.1, 0.15) is 5.92 Å². The SMILES string of the molecule is CCC(C(=O)O)C(Cl)(Cl)Cl.CCOCC. The zero-order chi connectivity index (χ0) is 12.5. The molecule has 3 nitrogen and oxygen atoms in total. The molecule has 0 bridgehead atoms. The Bertz CT molecular complexity index is 166. The van der Waals surface area contributed by atoms with Crippen LogP contribution in [-0.4, -0.2) is 28.1 Å². The molecule has 0 saturated carbocycles. The van der Waals surface area contributed by atoms with Crippen LogP contribution in [0.4, 0.5) is 0 Å². The average molecular weight is 280 g/mol. The summed E-state index contributed by atoms with van der Waals surface area (Å²) in [7, 11) is 0. The predicted molar refractivity (Wildman–Crippen MR) is 63.9 cm³/mol. The van der Waals surface area contributed by atoms with Crippen molar-refractivity contribution in [2.45, 2.75) is 31.0 Å². The summed E-state index contributed by atoms with van der Waals surface area (Å²) in [6, 6.07) is 0. The molecule has 0 aromatic heterocycles. The van der Waals surface area contributed by atoms with E-state index in [2.05, 4.69) is 0 Å². The Hall–Kier alpha value is 0.300. The maximum absolute atomic E-state index is 10.3. The summed E-state index contributed by atoms with van der Waals surface area (Å²) in [6.45, 7) is 7.32. The number of aliphatic carboxylic acids is 1. The molecule has 0 aliphatic rings. The lowest BCUT2D eigenvalue weighted by atomic mass is 10.1. The normalized spacial score (nSPS) is 12.7. The van der Waals surface area contributed by atoms with Gasteiger partial charge in [-0.1, -0.05) is 41.7 Å². The second-order valence-corrected chi connectivity index (χ2v) is 4.99. The first kappa shape index (κ1) is 17.7. The quantitative estimate of drug-likeness (QED) is 0.801. The number of hydrogen-bond acceptors (Lipinski definition) is 2. The van der Waals surface area contributed by atoms with Gasteiger partial charge in [-0.05, 0) is 20.3 Å². The van der Waals surface area contributed by atoms with E-state index in [0.29, 0.717) is 6.42 Å². The zero-order valence-electron chi connectivity index (χ0n) is 9.10. The minimum atomic E-state index is -1.69. The van der Waals surface area contributed by atoms with Crippen LogP contribution in [0.25, 0.3) is 0 Å². The van der Waals surface area contributed by atoms with Gasteiger partial charge in [-0.25, -0.2) is 0 Å². The Balaban J connectivity index is 0. The maximum atomic E-state index is 10.3. The second-order valence-electron chi connectivity index (χ2n) is 2.62. The fourth-order valence-corrected chi connectivity index (χ4v) is 1.49. The number of alkyl halides is 3. The third kappa shape index (κ3) is 10.6. The van der Waals surface area contributed by atoms with Crippen LogP contribution < -0.4 is 0 Å². The fraction of sp³-hybridized carbons (Fsp3) is 0.889. The molecule has 0 heterocycles. The Kier molecular flexibility index (Phi) is 11.2. The van der Waals surface area contributed by atoms with Crippen molar-refractivity contribution >= 4 is 40.8 Å². The van der Waals surface area contributed by atoms with Crippen LogP contribution in [0.1, 0.15) is 27.2 Å². The summed E-state index contributed by atoms with van der Waals surface area (Å²) in [5.74, 6) is -2.00. The Labute approximate surface area is 106 Å². The van der Waals surface area contributed by atoms with Crippen LogP contribution in [0.3, 0.4) is 0 Å². The molecular weight excluding hydrogens is 262 g/mol. The van der Waals surface area contributed by atoms with Gasteiger partial charge in [-0.2, -0.15) is 0 Å². The van der Waals surface area contributed by atoms with Crippen molar-refractivity contribution in [3.05, 3.63) is 0 Å². The van der Waals surface area contributed by atoms with Crippen molar-refractivity contribution < 1.29 is 14.6 Å². The smallest absolute Gasteiger partial charge is 0.310 e. The van der Waals surface area contributed by atoms with E-state index < -0.39 is 15.7 Å². The summed E-state index contributed by atoms with van der Waals surface area (Å²) in [5.41, 5.74) is 0. The van der Waals surface area contributed by atoms with Gasteiger partial charge in [0.15, 0.2) is 0 Å². The lowest BCUT2D eigenvalue weighted by Gasteiger charge is -2.17. The first-order valence-corrected chi connectivity index (χ1v) is 5.81. The average Bonchev–Trinajstić information content (AvgIpc) is 2.04. The maximum Gasteiger partial charge on any atom is 0.310 e. The van der Waals surface area contributed by atoms with Crippen molar-refractivity contribution in [2.75, 3.05) is 13.2 Å². The Morgan fingerprint density at radius 1 is 1.27 bits per heavy atom. The molecule has 0 rings (SSSR count). The van der Waals surface area contributed by atoms with Crippen LogP contribution in [0.2, 0.25) is 0 Å². The first-order chi connectivity index (χ1) is 6.81. The molecule has 1 N–H and O–H groups in total. The molecule has 0 aromatic carbocycles. The van der Waals surface area contributed by atoms with Gasteiger partial charge in [0.25, 0.3) is 0 Å². The minimum absolute atomic E-state index is 0.311. The van der Waals surface area contributed by atoms with Gasteiger partial charge in [0.2, 0.25) is 3.79 Å². The van der Waals surface area contributed by atoms with Gasteiger partial charge in [0, 0.05) is 13.2 Å². The highest BCUT2D eigenvalue weighted by Gasteiger charge is 2.36. The van der Waals surface area contributed by atoms with Crippen LogP contribution in [0.15, 0.2) is 0 Å². The van der Waals surface area contributed by atoms with Crippen LogP contribution in [-0.2, 0) is 9.53 Å². The van der Waals surface area contributed by atoms with Crippen molar-refractivity contribution in [1.29, 1.82) is 0 Å². The van der Waals surface area contributed by atoms with Crippen molar-refractivity contribution in [2.24, 2.45) is 5.92 Å². The van der Waals surface area contributed by atoms with Crippen LogP contribution in [0.5, 0.6) is 0 Å². The lowest BCUT2D eigenvalue weighted by molar-refractivity contribution is -0.141. The summed E-state index contributed by atoms with van der Waals surface area (Å²) >= 11 is 16.0. The van der Waals surface area contributed by atoms with E-state index in [4.69, 9.17) is 44.6 Å². The van der Waals surface area contributed by atoms with Crippen molar-refractivity contribution in [3.8, 4) is 0 Å². The summed E-state index contributed by atoms with van der Waals surface area (Å²) < 4.78 is 3.14. The van der Waals surface area contributed by atoms with Crippen molar-refractivity contribution in [1.82, 2.24) is 0 Å². The highest BCUT2D eigenvalue weighted by Crippen LogP contribution is 2.36. The van der Waals surface area contributed by atoms with Gasteiger partial charge >= 0.3 is 5.97 Å². The highest BCUT2D eigenvalue weighted by atomic mass is 35.6. The zero-order valence-corrected chi connectivity index (χ0v) is 11.4. The molecule has 1 unspecified atom stereocenters. The van der Waals surface area contributed by atoms with E-state index in [1.165, 1.54) is 0 Å². The molecule has 0 aliphatic heterocycles. The largest absolute Gasteiger partial charge is 0.481 e. The molecule has 6 heteroatoms. The third-order valence-electron chi connectivity index (χ3n) is 1.51. The number of hydrogen-bond donors (Lipinski definition) is 1. The molecule has 0 spiro atoms. The number of ether oxygens (including phenoxy) is 1. The molecule has 0 saturated heterocycles. The molecular formula is C9H17Cl3O3. The molecule has 0 aromatic rings. The van der Waals surface area contributed by atoms with Gasteiger partial charge in [0.05, 0.1) is 0 Å². The van der Waals surface area contributed by atoms with E-state index in [0.717, 1.165) is 13.2 Å². The van der Waals surface area contributed by atoms with Crippen LogP contribution >= 0.6 is 34.8 Å². The molecule has 1 atom stereocenters. The van der Waals surface area contributed by atoms with Gasteiger partial charge < -0.3 is 9.84 Å². The minimum Gasteiger partial charge on any atom is -0.481 e. The topological polar surface area (TPSA) is 46.5 Å². The standard InChI is InChI=1S/C5H7Cl3O2.C4H10O/c1-2-3(4(9)10)5(6,7)8;1-3-5-4-2/h3H,2H2,1H3,(H,9,10);3-4H2,1-2H3. The van der Waals surface area contributed by atoms with Gasteiger partial charge in [-0.15, -0.1) is 0 Å². The predicted octanol–water partition coefficient (Wildman–Crippen LogP) is 3.51. The van der Waals surface area contributed by atoms with E-state index in [1.54, 1.807) is 6.92 Å². The van der Waals surface area contributed by atoms with E-state index >= 15 is 0 Å². The Morgan fingerprint density at radius 2 is 1.67 bits per heavy atom. The summed E-state index contributed by atoms with van der Waals surface area (Å²) in [6.07, 6.45) is 0.311. The molecule has 0 radical (unpaired) electrons. The number of rotatable bonds is 4. The number of carbonyl (C=O) groups is 1. The molecule has 92 valence electrons. The van der Waals surface area contributed by atoms with Crippen molar-refractivity contribution in [3.63, 3.8) is 0 Å². The number of carboxylic acids is 1. The number of carboxylic acid groups (broad SMARTS) is 1. The van der Waals surface area contributed by atoms with E-state index in [1.807, 2.05) is 13.8 Å². The molecule has 0 aliphatic carbocycles. The third-order valence-corrected chi connectivity index (χ3v) is 2.30. The van der Waals surface area contributed by atoms with Crippen LogP contribution in [0, 0.1) is 5.92 Å². The lowest BCUT2D eigenvalue weighted by Crippen LogP contribution is -2.26. The van der Waals surface area contributed by atoms with E-state index in [9.17, 15) is 4.79 Å². The first-order valence-electron chi connectivity index (χ1n) is 4.68. The summed E-state index contributed by atoms with van der Waals surface area (Å²) in [5, 5.41) is 8.46. The molecule has 0 fully saturated rings. The second kappa shape index (κ2) is 9.52. The number of halogens is 3. The monoisotopic (exact) mass is 278 g/mol. The molecule has 0 amide bonds. The highest BCUT2D eigenvalue weighted by molar-refractivity contribution is 6.68. The Morgan fingerprint density at radius 3 is 1.67 bits per heavy atom.